The van der Waals surface area contributed by atoms with Gasteiger partial charge in [-0.1, -0.05) is 36.4 Å². The normalized spacial score (nSPS) is 12.3. The monoisotopic (exact) mass is 304 g/mol. The van der Waals surface area contributed by atoms with Gasteiger partial charge in [0.15, 0.2) is 5.78 Å². The van der Waals surface area contributed by atoms with Crippen molar-refractivity contribution >= 4 is 35.3 Å². The summed E-state index contributed by atoms with van der Waals surface area (Å²) in [4.78, 5) is 23.0. The van der Waals surface area contributed by atoms with E-state index in [-0.39, 0.29) is 5.78 Å². The third-order valence-electron chi connectivity index (χ3n) is 3.35. The summed E-state index contributed by atoms with van der Waals surface area (Å²) in [5.41, 5.74) is 3.41. The molecule has 1 aliphatic rings. The van der Waals surface area contributed by atoms with Crippen LogP contribution in [-0.4, -0.2) is 16.9 Å². The first-order valence-electron chi connectivity index (χ1n) is 6.92. The van der Waals surface area contributed by atoms with Crippen molar-refractivity contribution in [3.63, 3.8) is 0 Å². The summed E-state index contributed by atoms with van der Waals surface area (Å²) in [6.07, 6.45) is 5.57. The Balaban J connectivity index is 1.85. The van der Waals surface area contributed by atoms with Gasteiger partial charge in [0.1, 0.15) is 11.4 Å². The Labute approximate surface area is 132 Å². The van der Waals surface area contributed by atoms with Crippen molar-refractivity contribution in [2.24, 2.45) is 10.2 Å². The molecule has 1 aliphatic heterocycles. The maximum atomic E-state index is 12.4. The van der Waals surface area contributed by atoms with Crippen molar-refractivity contribution in [2.45, 2.75) is 0 Å². The van der Waals surface area contributed by atoms with Gasteiger partial charge in [0.05, 0.1) is 0 Å². The van der Waals surface area contributed by atoms with Gasteiger partial charge in [-0.25, -0.2) is 4.79 Å². The number of ketones is 1. The number of nitrogens with zero attached hydrogens (tertiary/aromatic N) is 2. The predicted molar refractivity (Wildman–Crippen MR) is 87.1 cm³/mol. The van der Waals surface area contributed by atoms with Crippen LogP contribution in [0.1, 0.15) is 21.5 Å². The van der Waals surface area contributed by atoms with E-state index in [1.807, 2.05) is 18.2 Å². The lowest BCUT2D eigenvalue weighted by Crippen LogP contribution is -1.98. The Morgan fingerprint density at radius 2 is 1.61 bits per heavy atom. The fraction of sp³-hybridized carbons (Fsp3) is 0. The zero-order valence-electron chi connectivity index (χ0n) is 12.0. The van der Waals surface area contributed by atoms with E-state index < -0.39 is 5.97 Å². The molecule has 0 bridgehead atoms. The Kier molecular flexibility index (Phi) is 3.93. The number of hydrogen-bond acceptors (Lipinski definition) is 4. The maximum Gasteiger partial charge on any atom is 0.328 e. The van der Waals surface area contributed by atoms with E-state index in [9.17, 15) is 9.59 Å². The van der Waals surface area contributed by atoms with E-state index in [4.69, 9.17) is 5.11 Å². The van der Waals surface area contributed by atoms with Crippen LogP contribution in [0.2, 0.25) is 0 Å². The van der Waals surface area contributed by atoms with Crippen LogP contribution in [0.15, 0.2) is 64.8 Å². The summed E-state index contributed by atoms with van der Waals surface area (Å²) >= 11 is 0. The van der Waals surface area contributed by atoms with E-state index in [0.717, 1.165) is 23.0 Å². The number of rotatable bonds is 5. The van der Waals surface area contributed by atoms with E-state index in [1.54, 1.807) is 30.3 Å². The molecule has 0 saturated heterocycles. The number of fused-ring (bicyclic) bond motifs is 1. The topological polar surface area (TPSA) is 79.1 Å². The SMILES string of the molecule is O=C(O)/C=C/c1ccccc1C(=O)/C=C/c1cccc2c1N=N2. The number of aliphatic carboxylic acids is 1. The Bertz CT molecular complexity index is 880. The second kappa shape index (κ2) is 6.19. The van der Waals surface area contributed by atoms with E-state index in [1.165, 1.54) is 12.2 Å². The molecule has 0 saturated carbocycles. The van der Waals surface area contributed by atoms with Crippen LogP contribution in [0, 0.1) is 0 Å². The molecule has 0 radical (unpaired) electrons. The molecule has 2 aromatic carbocycles. The lowest BCUT2D eigenvalue weighted by Gasteiger charge is -2.09. The largest absolute Gasteiger partial charge is 0.478 e. The minimum Gasteiger partial charge on any atom is -0.478 e. The molecule has 0 fully saturated rings. The lowest BCUT2D eigenvalue weighted by atomic mass is 10.0. The number of carboxylic acid groups (broad SMARTS) is 1. The molecule has 0 aromatic heterocycles. The van der Waals surface area contributed by atoms with Crippen LogP contribution in [-0.2, 0) is 4.79 Å². The third kappa shape index (κ3) is 3.13. The first-order chi connectivity index (χ1) is 11.1. The van der Waals surface area contributed by atoms with Gasteiger partial charge in [0, 0.05) is 17.2 Å². The Hall–Kier alpha value is -3.34. The zero-order chi connectivity index (χ0) is 16.2. The summed E-state index contributed by atoms with van der Waals surface area (Å²) in [5.74, 6) is -1.26. The molecule has 0 aliphatic carbocycles. The van der Waals surface area contributed by atoms with Crippen molar-refractivity contribution < 1.29 is 14.7 Å². The number of allylic oxidation sites excluding steroid dienone is 1. The number of carbonyl (C=O) groups excluding carboxylic acids is 1. The van der Waals surface area contributed by atoms with Crippen LogP contribution in [0.25, 0.3) is 12.2 Å². The first-order valence-corrected chi connectivity index (χ1v) is 6.92. The molecular formula is C18H12N2O3. The van der Waals surface area contributed by atoms with Crippen molar-refractivity contribution in [2.75, 3.05) is 0 Å². The average molecular weight is 304 g/mol. The molecule has 0 unspecified atom stereocenters. The van der Waals surface area contributed by atoms with Crippen molar-refractivity contribution in [1.29, 1.82) is 0 Å². The van der Waals surface area contributed by atoms with Crippen molar-refractivity contribution in [1.82, 2.24) is 0 Å². The minimum absolute atomic E-state index is 0.204. The van der Waals surface area contributed by atoms with Crippen LogP contribution in [0.5, 0.6) is 0 Å². The molecule has 5 nitrogen and oxygen atoms in total. The second-order valence-corrected chi connectivity index (χ2v) is 4.87. The smallest absolute Gasteiger partial charge is 0.328 e. The predicted octanol–water partition coefficient (Wildman–Crippen LogP) is 4.41. The molecular weight excluding hydrogens is 292 g/mol. The van der Waals surface area contributed by atoms with E-state index in [2.05, 4.69) is 10.2 Å². The van der Waals surface area contributed by atoms with Gasteiger partial charge in [0.2, 0.25) is 0 Å². The van der Waals surface area contributed by atoms with Gasteiger partial charge in [-0.05, 0) is 29.9 Å². The maximum absolute atomic E-state index is 12.4. The molecule has 5 heteroatoms. The summed E-state index contributed by atoms with van der Waals surface area (Å²) < 4.78 is 0. The molecule has 3 rings (SSSR count). The number of carbonyl (C=O) groups is 2. The van der Waals surface area contributed by atoms with Gasteiger partial charge in [-0.2, -0.15) is 0 Å². The van der Waals surface area contributed by atoms with Gasteiger partial charge in [-0.15, -0.1) is 10.2 Å². The molecule has 1 heterocycles. The van der Waals surface area contributed by atoms with Gasteiger partial charge in [0.25, 0.3) is 0 Å². The molecule has 1 N–H and O–H groups in total. The first kappa shape index (κ1) is 14.6. The van der Waals surface area contributed by atoms with Crippen LogP contribution in [0.3, 0.4) is 0 Å². The molecule has 112 valence electrons. The highest BCUT2D eigenvalue weighted by atomic mass is 16.4. The highest BCUT2D eigenvalue weighted by Crippen LogP contribution is 2.40. The highest BCUT2D eigenvalue weighted by Gasteiger charge is 2.13. The molecule has 0 atom stereocenters. The summed E-state index contributed by atoms with van der Waals surface area (Å²) in [7, 11) is 0. The Morgan fingerprint density at radius 3 is 2.35 bits per heavy atom. The van der Waals surface area contributed by atoms with Crippen molar-refractivity contribution in [3.05, 3.63) is 71.3 Å². The fourth-order valence-electron chi connectivity index (χ4n) is 2.22. The fourth-order valence-corrected chi connectivity index (χ4v) is 2.22. The van der Waals surface area contributed by atoms with Crippen LogP contribution < -0.4 is 0 Å². The van der Waals surface area contributed by atoms with Gasteiger partial charge >= 0.3 is 5.97 Å². The molecule has 23 heavy (non-hydrogen) atoms. The van der Waals surface area contributed by atoms with Gasteiger partial charge < -0.3 is 5.11 Å². The minimum atomic E-state index is -1.06. The standard InChI is InChI=1S/C18H12N2O3/c21-16(10-8-13-5-3-7-15-18(13)20-19-15)14-6-2-1-4-12(14)9-11-17(22)23/h1-11H,(H,22,23)/b10-8+,11-9+. The average Bonchev–Trinajstić information content (AvgIpc) is 2.52. The van der Waals surface area contributed by atoms with Gasteiger partial charge in [-0.3, -0.25) is 4.79 Å². The number of azo groups is 1. The van der Waals surface area contributed by atoms with Crippen molar-refractivity contribution in [3.8, 4) is 0 Å². The molecule has 2 aromatic rings. The highest BCUT2D eigenvalue weighted by molar-refractivity contribution is 6.09. The zero-order valence-corrected chi connectivity index (χ0v) is 12.0. The number of carboxylic acids is 1. The summed E-state index contributed by atoms with van der Waals surface area (Å²) in [6.45, 7) is 0. The quantitative estimate of drug-likeness (QED) is 0.560. The number of benzene rings is 2. The van der Waals surface area contributed by atoms with E-state index >= 15 is 0 Å². The summed E-state index contributed by atoms with van der Waals surface area (Å²) in [6, 6.07) is 12.4. The molecule has 0 amide bonds. The molecule has 0 spiro atoms. The van der Waals surface area contributed by atoms with Crippen LogP contribution in [0.4, 0.5) is 11.4 Å². The van der Waals surface area contributed by atoms with E-state index in [0.29, 0.717) is 11.1 Å². The third-order valence-corrected chi connectivity index (χ3v) is 3.35. The second-order valence-electron chi connectivity index (χ2n) is 4.87. The Morgan fingerprint density at radius 1 is 0.870 bits per heavy atom. The summed E-state index contributed by atoms with van der Waals surface area (Å²) in [5, 5.41) is 16.5. The van der Waals surface area contributed by atoms with Crippen LogP contribution >= 0.6 is 0 Å². The lowest BCUT2D eigenvalue weighted by molar-refractivity contribution is -0.131. The number of hydrogen-bond donors (Lipinski definition) is 1.